The SMILES string of the molecule is CCCNC1CCN(c2ccc(CC)c(C)c2)C1. The van der Waals surface area contributed by atoms with Gasteiger partial charge in [0.1, 0.15) is 0 Å². The highest BCUT2D eigenvalue weighted by Crippen LogP contribution is 2.23. The second-order valence-corrected chi connectivity index (χ2v) is 5.35. The van der Waals surface area contributed by atoms with E-state index >= 15 is 0 Å². The Hall–Kier alpha value is -1.02. The minimum absolute atomic E-state index is 0.677. The van der Waals surface area contributed by atoms with Crippen LogP contribution in [0.15, 0.2) is 18.2 Å². The van der Waals surface area contributed by atoms with Crippen molar-refractivity contribution in [2.45, 2.75) is 46.1 Å². The molecule has 0 aromatic heterocycles. The van der Waals surface area contributed by atoms with Crippen LogP contribution in [0.4, 0.5) is 5.69 Å². The normalized spacial score (nSPS) is 19.5. The van der Waals surface area contributed by atoms with Crippen LogP contribution in [0, 0.1) is 6.92 Å². The van der Waals surface area contributed by atoms with Gasteiger partial charge in [0.15, 0.2) is 0 Å². The Bertz CT molecular complexity index is 387. The number of anilines is 1. The molecule has 1 aromatic rings. The number of aryl methyl sites for hydroxylation is 2. The molecule has 1 fully saturated rings. The lowest BCUT2D eigenvalue weighted by Gasteiger charge is -2.20. The topological polar surface area (TPSA) is 15.3 Å². The number of nitrogens with zero attached hydrogens (tertiary/aromatic N) is 1. The van der Waals surface area contributed by atoms with Crippen molar-refractivity contribution in [3.8, 4) is 0 Å². The molecule has 1 aliphatic heterocycles. The van der Waals surface area contributed by atoms with Crippen molar-refractivity contribution in [1.82, 2.24) is 5.32 Å². The van der Waals surface area contributed by atoms with Crippen molar-refractivity contribution in [2.75, 3.05) is 24.5 Å². The average Bonchev–Trinajstić information content (AvgIpc) is 2.85. The van der Waals surface area contributed by atoms with E-state index in [1.807, 2.05) is 0 Å². The smallest absolute Gasteiger partial charge is 0.0369 e. The molecule has 0 saturated carbocycles. The summed E-state index contributed by atoms with van der Waals surface area (Å²) in [6.07, 6.45) is 3.63. The third-order valence-electron chi connectivity index (χ3n) is 3.94. The van der Waals surface area contributed by atoms with E-state index in [-0.39, 0.29) is 0 Å². The van der Waals surface area contributed by atoms with Crippen molar-refractivity contribution in [2.24, 2.45) is 0 Å². The maximum absolute atomic E-state index is 3.63. The van der Waals surface area contributed by atoms with Gasteiger partial charge in [-0.05, 0) is 56.0 Å². The van der Waals surface area contributed by atoms with Gasteiger partial charge < -0.3 is 10.2 Å². The summed E-state index contributed by atoms with van der Waals surface area (Å²) >= 11 is 0. The number of nitrogens with one attached hydrogen (secondary N) is 1. The molecule has 0 aliphatic carbocycles. The van der Waals surface area contributed by atoms with E-state index in [0.29, 0.717) is 6.04 Å². The van der Waals surface area contributed by atoms with E-state index in [2.05, 4.69) is 49.2 Å². The first kappa shape index (κ1) is 13.4. The first-order valence-corrected chi connectivity index (χ1v) is 7.32. The van der Waals surface area contributed by atoms with Gasteiger partial charge in [-0.1, -0.05) is 19.9 Å². The summed E-state index contributed by atoms with van der Waals surface area (Å²) in [4.78, 5) is 2.51. The minimum Gasteiger partial charge on any atom is -0.370 e. The molecule has 2 rings (SSSR count). The summed E-state index contributed by atoms with van der Waals surface area (Å²) in [6, 6.07) is 7.60. The van der Waals surface area contributed by atoms with Crippen LogP contribution in [0.1, 0.15) is 37.8 Å². The summed E-state index contributed by atoms with van der Waals surface area (Å²) in [5.74, 6) is 0. The van der Waals surface area contributed by atoms with E-state index in [0.717, 1.165) is 19.5 Å². The van der Waals surface area contributed by atoms with Gasteiger partial charge >= 0.3 is 0 Å². The summed E-state index contributed by atoms with van der Waals surface area (Å²) < 4.78 is 0. The Morgan fingerprint density at radius 3 is 2.83 bits per heavy atom. The molecule has 1 heterocycles. The number of rotatable bonds is 5. The van der Waals surface area contributed by atoms with Crippen molar-refractivity contribution >= 4 is 5.69 Å². The summed E-state index contributed by atoms with van der Waals surface area (Å²) in [6.45, 7) is 10.2. The number of hydrogen-bond acceptors (Lipinski definition) is 2. The average molecular weight is 246 g/mol. The molecule has 1 aromatic carbocycles. The molecule has 100 valence electrons. The molecule has 2 nitrogen and oxygen atoms in total. The van der Waals surface area contributed by atoms with Crippen molar-refractivity contribution in [3.05, 3.63) is 29.3 Å². The van der Waals surface area contributed by atoms with Gasteiger partial charge in [0.25, 0.3) is 0 Å². The van der Waals surface area contributed by atoms with Gasteiger partial charge in [0.05, 0.1) is 0 Å². The van der Waals surface area contributed by atoms with Crippen LogP contribution in [0.3, 0.4) is 0 Å². The lowest BCUT2D eigenvalue weighted by Crippen LogP contribution is -2.32. The fourth-order valence-corrected chi connectivity index (χ4v) is 2.78. The van der Waals surface area contributed by atoms with Crippen LogP contribution >= 0.6 is 0 Å². The zero-order chi connectivity index (χ0) is 13.0. The van der Waals surface area contributed by atoms with Crippen LogP contribution in [0.25, 0.3) is 0 Å². The molecule has 0 radical (unpaired) electrons. The third-order valence-corrected chi connectivity index (χ3v) is 3.94. The summed E-state index contributed by atoms with van der Waals surface area (Å²) in [5, 5.41) is 3.63. The number of benzene rings is 1. The molecule has 18 heavy (non-hydrogen) atoms. The molecule has 1 unspecified atom stereocenters. The lowest BCUT2D eigenvalue weighted by atomic mass is 10.1. The van der Waals surface area contributed by atoms with E-state index < -0.39 is 0 Å². The fourth-order valence-electron chi connectivity index (χ4n) is 2.78. The van der Waals surface area contributed by atoms with Gasteiger partial charge in [0.2, 0.25) is 0 Å². The Morgan fingerprint density at radius 2 is 2.17 bits per heavy atom. The Balaban J connectivity index is 1.98. The van der Waals surface area contributed by atoms with E-state index in [1.54, 1.807) is 0 Å². The Kier molecular flexibility index (Phi) is 4.65. The zero-order valence-electron chi connectivity index (χ0n) is 12.0. The van der Waals surface area contributed by atoms with Crippen LogP contribution in [0.2, 0.25) is 0 Å². The molecule has 1 atom stereocenters. The summed E-state index contributed by atoms with van der Waals surface area (Å²) in [7, 11) is 0. The van der Waals surface area contributed by atoms with Crippen LogP contribution < -0.4 is 10.2 Å². The van der Waals surface area contributed by atoms with Crippen molar-refractivity contribution in [3.63, 3.8) is 0 Å². The minimum atomic E-state index is 0.677. The fraction of sp³-hybridized carbons (Fsp3) is 0.625. The van der Waals surface area contributed by atoms with E-state index in [4.69, 9.17) is 0 Å². The zero-order valence-corrected chi connectivity index (χ0v) is 12.0. The van der Waals surface area contributed by atoms with Gasteiger partial charge in [-0.15, -0.1) is 0 Å². The molecule has 0 spiro atoms. The van der Waals surface area contributed by atoms with Crippen molar-refractivity contribution in [1.29, 1.82) is 0 Å². The highest BCUT2D eigenvalue weighted by Gasteiger charge is 2.21. The van der Waals surface area contributed by atoms with Gasteiger partial charge in [-0.2, -0.15) is 0 Å². The maximum Gasteiger partial charge on any atom is 0.0369 e. The van der Waals surface area contributed by atoms with Gasteiger partial charge in [-0.25, -0.2) is 0 Å². The predicted molar refractivity (Wildman–Crippen MR) is 79.5 cm³/mol. The monoisotopic (exact) mass is 246 g/mol. The van der Waals surface area contributed by atoms with Crippen LogP contribution in [-0.2, 0) is 6.42 Å². The second-order valence-electron chi connectivity index (χ2n) is 5.35. The molecule has 2 heteroatoms. The van der Waals surface area contributed by atoms with Gasteiger partial charge in [-0.3, -0.25) is 0 Å². The standard InChI is InChI=1S/C16H26N2/c1-4-9-17-15-8-10-18(12-15)16-7-6-14(5-2)13(3)11-16/h6-7,11,15,17H,4-5,8-10,12H2,1-3H3. The first-order valence-electron chi connectivity index (χ1n) is 7.32. The molecule has 1 saturated heterocycles. The largest absolute Gasteiger partial charge is 0.370 e. The highest BCUT2D eigenvalue weighted by molar-refractivity contribution is 5.51. The summed E-state index contributed by atoms with van der Waals surface area (Å²) in [5.41, 5.74) is 4.30. The third kappa shape index (κ3) is 3.05. The molecule has 1 N–H and O–H groups in total. The van der Waals surface area contributed by atoms with E-state index in [1.165, 1.54) is 36.2 Å². The Labute approximate surface area is 111 Å². The van der Waals surface area contributed by atoms with Crippen molar-refractivity contribution < 1.29 is 0 Å². The first-order chi connectivity index (χ1) is 8.74. The lowest BCUT2D eigenvalue weighted by molar-refractivity contribution is 0.549. The van der Waals surface area contributed by atoms with Crippen LogP contribution in [0.5, 0.6) is 0 Å². The quantitative estimate of drug-likeness (QED) is 0.858. The van der Waals surface area contributed by atoms with Gasteiger partial charge in [0, 0.05) is 24.8 Å². The molecular formula is C16H26N2. The highest BCUT2D eigenvalue weighted by atomic mass is 15.2. The maximum atomic E-state index is 3.63. The number of hydrogen-bond donors (Lipinski definition) is 1. The van der Waals surface area contributed by atoms with E-state index in [9.17, 15) is 0 Å². The Morgan fingerprint density at radius 1 is 1.33 bits per heavy atom. The predicted octanol–water partition coefficient (Wildman–Crippen LogP) is 3.14. The van der Waals surface area contributed by atoms with Crippen LogP contribution in [-0.4, -0.2) is 25.7 Å². The molecular weight excluding hydrogens is 220 g/mol. The molecule has 0 bridgehead atoms. The second kappa shape index (κ2) is 6.24. The molecule has 1 aliphatic rings. The molecule has 0 amide bonds.